The van der Waals surface area contributed by atoms with Gasteiger partial charge in [-0.3, -0.25) is 4.72 Å². The van der Waals surface area contributed by atoms with Crippen molar-refractivity contribution in [3.8, 4) is 28.4 Å². The summed E-state index contributed by atoms with van der Waals surface area (Å²) in [4.78, 5) is 10.7. The lowest BCUT2D eigenvalue weighted by atomic mass is 9.95. The van der Waals surface area contributed by atoms with Gasteiger partial charge >= 0.3 is 5.97 Å². The molecule has 3 rings (SSSR count). The van der Waals surface area contributed by atoms with E-state index in [1.807, 2.05) is 38.1 Å². The Balaban J connectivity index is 1.56. The molecule has 0 radical (unpaired) electrons. The van der Waals surface area contributed by atoms with Crippen LogP contribution in [-0.2, 0) is 14.8 Å². The van der Waals surface area contributed by atoms with Crippen LogP contribution in [0.1, 0.15) is 29.7 Å². The van der Waals surface area contributed by atoms with Gasteiger partial charge in [0, 0.05) is 12.6 Å². The van der Waals surface area contributed by atoms with Crippen molar-refractivity contribution in [2.24, 2.45) is 0 Å². The fourth-order valence-corrected chi connectivity index (χ4v) is 4.76. The van der Waals surface area contributed by atoms with Gasteiger partial charge in [0.2, 0.25) is 10.0 Å². The Morgan fingerprint density at radius 3 is 2.21 bits per heavy atom. The Morgan fingerprint density at radius 2 is 1.62 bits per heavy atom. The zero-order chi connectivity index (χ0) is 28.7. The SMILES string of the molecule is Cc1cc(OCCN[C@@H](C)[C@H](O)c2ccc(O)c(NS(C)(=O)=O)c2)cc(C)c1-c1ccc(OCC(=O)O)cc1. The summed E-state index contributed by atoms with van der Waals surface area (Å²) in [5.41, 5.74) is 4.52. The molecule has 0 amide bonds. The maximum absolute atomic E-state index is 11.5. The van der Waals surface area contributed by atoms with Crippen LogP contribution in [0.2, 0.25) is 0 Å². The number of sulfonamides is 1. The van der Waals surface area contributed by atoms with Crippen LogP contribution in [0.4, 0.5) is 5.69 Å². The van der Waals surface area contributed by atoms with Gasteiger partial charge in [-0.05, 0) is 85.0 Å². The summed E-state index contributed by atoms with van der Waals surface area (Å²) < 4.78 is 36.4. The number of aliphatic hydroxyl groups is 1. The van der Waals surface area contributed by atoms with Gasteiger partial charge in [-0.1, -0.05) is 18.2 Å². The summed E-state index contributed by atoms with van der Waals surface area (Å²) >= 11 is 0. The van der Waals surface area contributed by atoms with Crippen LogP contribution in [0.15, 0.2) is 54.6 Å². The highest BCUT2D eigenvalue weighted by Gasteiger charge is 2.18. The lowest BCUT2D eigenvalue weighted by Gasteiger charge is -2.22. The molecule has 0 aromatic heterocycles. The monoisotopic (exact) mass is 558 g/mol. The van der Waals surface area contributed by atoms with Crippen LogP contribution in [0, 0.1) is 13.8 Å². The second kappa shape index (κ2) is 12.8. The number of carboxylic acid groups (broad SMARTS) is 1. The smallest absolute Gasteiger partial charge is 0.341 e. The molecule has 0 aliphatic carbocycles. The fourth-order valence-electron chi connectivity index (χ4n) is 4.20. The van der Waals surface area contributed by atoms with Crippen molar-refractivity contribution in [1.29, 1.82) is 0 Å². The van der Waals surface area contributed by atoms with Gasteiger partial charge < -0.3 is 30.1 Å². The molecule has 0 aliphatic heterocycles. The van der Waals surface area contributed by atoms with E-state index in [9.17, 15) is 23.4 Å². The minimum absolute atomic E-state index is 0.00114. The normalized spacial score (nSPS) is 12.9. The molecule has 3 aromatic carbocycles. The summed E-state index contributed by atoms with van der Waals surface area (Å²) in [6, 6.07) is 15.0. The Kier molecular flexibility index (Phi) is 9.79. The number of aromatic hydroxyl groups is 1. The zero-order valence-electron chi connectivity index (χ0n) is 22.3. The standard InChI is InChI=1S/C28H34N2O8S/c1-17-13-23(14-18(2)27(17)20-5-8-22(9-6-20)38-16-26(32)33)37-12-11-29-19(3)28(34)21-7-10-25(31)24(15-21)30-39(4,35)36/h5-10,13-15,19,28-31,34H,11-12,16H2,1-4H3,(H,32,33)/t19-,28-/m0/s1. The Morgan fingerprint density at radius 1 is 0.974 bits per heavy atom. The first kappa shape index (κ1) is 29.8. The molecule has 0 fully saturated rings. The van der Waals surface area contributed by atoms with Gasteiger partial charge in [0.1, 0.15) is 23.9 Å². The predicted octanol–water partition coefficient (Wildman–Crippen LogP) is 3.60. The van der Waals surface area contributed by atoms with Crippen LogP contribution >= 0.6 is 0 Å². The van der Waals surface area contributed by atoms with Crippen molar-refractivity contribution in [2.75, 3.05) is 30.7 Å². The third-order valence-electron chi connectivity index (χ3n) is 5.98. The van der Waals surface area contributed by atoms with Gasteiger partial charge in [0.25, 0.3) is 0 Å². The van der Waals surface area contributed by atoms with Crippen LogP contribution in [0.25, 0.3) is 11.1 Å². The van der Waals surface area contributed by atoms with Crippen molar-refractivity contribution in [2.45, 2.75) is 32.9 Å². The number of ether oxygens (including phenoxy) is 2. The molecule has 0 spiro atoms. The first-order chi connectivity index (χ1) is 18.3. The van der Waals surface area contributed by atoms with Crippen molar-refractivity contribution in [3.63, 3.8) is 0 Å². The number of aryl methyl sites for hydroxylation is 2. The summed E-state index contributed by atoms with van der Waals surface area (Å²) in [6.45, 7) is 6.18. The number of phenolic OH excluding ortho intramolecular Hbond substituents is 1. The Labute approximate surface area is 228 Å². The van der Waals surface area contributed by atoms with E-state index in [0.29, 0.717) is 30.2 Å². The number of phenols is 1. The number of benzene rings is 3. The third kappa shape index (κ3) is 8.60. The first-order valence-corrected chi connectivity index (χ1v) is 14.1. The minimum Gasteiger partial charge on any atom is -0.506 e. The molecule has 11 heteroatoms. The summed E-state index contributed by atoms with van der Waals surface area (Å²) in [5.74, 6) is -0.0683. The molecule has 0 heterocycles. The molecule has 0 saturated heterocycles. The molecule has 0 bridgehead atoms. The number of anilines is 1. The summed E-state index contributed by atoms with van der Waals surface area (Å²) in [6.07, 6.45) is 0.0327. The first-order valence-electron chi connectivity index (χ1n) is 12.3. The molecule has 10 nitrogen and oxygen atoms in total. The van der Waals surface area contributed by atoms with Crippen LogP contribution in [0.3, 0.4) is 0 Å². The van der Waals surface area contributed by atoms with E-state index in [4.69, 9.17) is 14.6 Å². The number of rotatable bonds is 13. The third-order valence-corrected chi connectivity index (χ3v) is 6.57. The molecule has 5 N–H and O–H groups in total. The molecule has 0 saturated carbocycles. The lowest BCUT2D eigenvalue weighted by molar-refractivity contribution is -0.139. The molecular weight excluding hydrogens is 524 g/mol. The number of carboxylic acids is 1. The van der Waals surface area contributed by atoms with E-state index in [-0.39, 0.29) is 17.5 Å². The van der Waals surface area contributed by atoms with E-state index in [1.165, 1.54) is 18.2 Å². The topological polar surface area (TPSA) is 154 Å². The molecule has 39 heavy (non-hydrogen) atoms. The van der Waals surface area contributed by atoms with Crippen molar-refractivity contribution >= 4 is 21.7 Å². The van der Waals surface area contributed by atoms with E-state index in [2.05, 4.69) is 10.0 Å². The largest absolute Gasteiger partial charge is 0.506 e. The Bertz CT molecular complexity index is 1380. The van der Waals surface area contributed by atoms with Crippen LogP contribution in [0.5, 0.6) is 17.2 Å². The highest BCUT2D eigenvalue weighted by Crippen LogP contribution is 2.32. The number of aliphatic hydroxyl groups excluding tert-OH is 1. The molecule has 210 valence electrons. The van der Waals surface area contributed by atoms with Crippen molar-refractivity contribution < 1.29 is 38.0 Å². The average Bonchev–Trinajstić information content (AvgIpc) is 2.85. The van der Waals surface area contributed by atoms with Crippen molar-refractivity contribution in [1.82, 2.24) is 5.32 Å². The van der Waals surface area contributed by atoms with E-state index in [1.54, 1.807) is 19.1 Å². The van der Waals surface area contributed by atoms with Gasteiger partial charge in [-0.15, -0.1) is 0 Å². The van der Waals surface area contributed by atoms with Gasteiger partial charge in [-0.2, -0.15) is 0 Å². The number of hydrogen-bond acceptors (Lipinski definition) is 8. The summed E-state index contributed by atoms with van der Waals surface area (Å²) in [5, 5.41) is 32.6. The zero-order valence-corrected chi connectivity index (χ0v) is 23.1. The van der Waals surface area contributed by atoms with Gasteiger partial charge in [0.05, 0.1) is 18.0 Å². The molecular formula is C28H34N2O8S. The van der Waals surface area contributed by atoms with Crippen LogP contribution < -0.4 is 19.5 Å². The van der Waals surface area contributed by atoms with E-state index >= 15 is 0 Å². The second-order valence-corrected chi connectivity index (χ2v) is 11.1. The highest BCUT2D eigenvalue weighted by molar-refractivity contribution is 7.92. The fraction of sp³-hybridized carbons (Fsp3) is 0.321. The predicted molar refractivity (Wildman–Crippen MR) is 149 cm³/mol. The maximum Gasteiger partial charge on any atom is 0.341 e. The molecule has 0 aliphatic rings. The number of carbonyl (C=O) groups is 1. The molecule has 0 unspecified atom stereocenters. The number of nitrogens with one attached hydrogen (secondary N) is 2. The highest BCUT2D eigenvalue weighted by atomic mass is 32.2. The number of aliphatic carboxylic acids is 1. The van der Waals surface area contributed by atoms with Crippen LogP contribution in [-0.4, -0.2) is 61.8 Å². The quantitative estimate of drug-likeness (QED) is 0.156. The van der Waals surface area contributed by atoms with E-state index in [0.717, 1.165) is 28.5 Å². The number of hydrogen-bond donors (Lipinski definition) is 5. The average molecular weight is 559 g/mol. The Hall–Kier alpha value is -3.80. The molecule has 2 atom stereocenters. The minimum atomic E-state index is -3.58. The van der Waals surface area contributed by atoms with Crippen molar-refractivity contribution in [3.05, 3.63) is 71.3 Å². The second-order valence-electron chi connectivity index (χ2n) is 9.33. The maximum atomic E-state index is 11.5. The van der Waals surface area contributed by atoms with Gasteiger partial charge in [0.15, 0.2) is 6.61 Å². The van der Waals surface area contributed by atoms with E-state index < -0.39 is 28.7 Å². The summed E-state index contributed by atoms with van der Waals surface area (Å²) in [7, 11) is -3.58. The lowest BCUT2D eigenvalue weighted by Crippen LogP contribution is -2.35. The van der Waals surface area contributed by atoms with Gasteiger partial charge in [-0.25, -0.2) is 13.2 Å². The molecule has 3 aromatic rings.